The van der Waals surface area contributed by atoms with Gasteiger partial charge in [-0.1, -0.05) is 18.6 Å². The minimum atomic E-state index is 0.416. The molecule has 0 radical (unpaired) electrons. The molecule has 1 heterocycles. The van der Waals surface area contributed by atoms with Crippen molar-refractivity contribution in [1.82, 2.24) is 0 Å². The van der Waals surface area contributed by atoms with Crippen LogP contribution in [0.25, 0.3) is 0 Å². The van der Waals surface area contributed by atoms with Gasteiger partial charge < -0.3 is 5.73 Å². The van der Waals surface area contributed by atoms with Gasteiger partial charge in [-0.2, -0.15) is 0 Å². The summed E-state index contributed by atoms with van der Waals surface area (Å²) in [7, 11) is 0. The van der Waals surface area contributed by atoms with E-state index in [-0.39, 0.29) is 0 Å². The molecule has 0 saturated heterocycles. The Hall–Kier alpha value is -0.630. The zero-order valence-corrected chi connectivity index (χ0v) is 14.8. The summed E-state index contributed by atoms with van der Waals surface area (Å²) >= 11 is 0. The standard InChI is InChI=1S/C21H32N2/c1-13-17-5-6-19-16-4-3-14-11-15(22)7-9-20(14,2)18(16)8-10-21(17,19)12-23-13/h3,12-13,15-19H,4-11,22H2,1-2H3/t13-,15-,16+,17-,18-,19+,20+,21+/m0/s1. The van der Waals surface area contributed by atoms with Gasteiger partial charge in [-0.25, -0.2) is 0 Å². The quantitative estimate of drug-likeness (QED) is 0.664. The van der Waals surface area contributed by atoms with Gasteiger partial charge in [0.05, 0.1) is 6.04 Å². The van der Waals surface area contributed by atoms with Crippen LogP contribution in [-0.4, -0.2) is 18.3 Å². The molecule has 5 rings (SSSR count). The maximum Gasteiger partial charge on any atom is 0.0504 e. The molecule has 1 spiro atoms. The number of hydrogen-bond acceptors (Lipinski definition) is 2. The second-order valence-electron chi connectivity index (χ2n) is 9.62. The van der Waals surface area contributed by atoms with Gasteiger partial charge in [0, 0.05) is 17.7 Å². The Kier molecular flexibility index (Phi) is 3.01. The van der Waals surface area contributed by atoms with Crippen LogP contribution in [-0.2, 0) is 0 Å². The highest BCUT2D eigenvalue weighted by molar-refractivity contribution is 5.71. The van der Waals surface area contributed by atoms with Crippen molar-refractivity contribution >= 4 is 6.21 Å². The van der Waals surface area contributed by atoms with Crippen LogP contribution < -0.4 is 5.73 Å². The first kappa shape index (κ1) is 14.7. The summed E-state index contributed by atoms with van der Waals surface area (Å²) in [5.74, 6) is 3.58. The summed E-state index contributed by atoms with van der Waals surface area (Å²) in [6, 6.07) is 0.994. The van der Waals surface area contributed by atoms with Crippen LogP contribution in [0.3, 0.4) is 0 Å². The summed E-state index contributed by atoms with van der Waals surface area (Å²) in [5.41, 5.74) is 8.94. The first-order valence-corrected chi connectivity index (χ1v) is 10.0. The highest BCUT2D eigenvalue weighted by Crippen LogP contribution is 2.67. The first-order chi connectivity index (χ1) is 11.0. The second-order valence-corrected chi connectivity index (χ2v) is 9.62. The average Bonchev–Trinajstić information content (AvgIpc) is 3.06. The first-order valence-electron chi connectivity index (χ1n) is 10.0. The summed E-state index contributed by atoms with van der Waals surface area (Å²) in [5, 5.41) is 0. The molecular weight excluding hydrogens is 280 g/mol. The van der Waals surface area contributed by atoms with Crippen LogP contribution in [0.1, 0.15) is 65.2 Å². The summed E-state index contributed by atoms with van der Waals surface area (Å²) in [4.78, 5) is 4.89. The lowest BCUT2D eigenvalue weighted by Crippen LogP contribution is -2.51. The lowest BCUT2D eigenvalue weighted by atomic mass is 9.47. The molecule has 23 heavy (non-hydrogen) atoms. The number of rotatable bonds is 0. The van der Waals surface area contributed by atoms with Crippen molar-refractivity contribution in [3.8, 4) is 0 Å². The topological polar surface area (TPSA) is 38.4 Å². The molecule has 0 aromatic heterocycles. The summed E-state index contributed by atoms with van der Waals surface area (Å²) < 4.78 is 0. The highest BCUT2D eigenvalue weighted by atomic mass is 14.9. The molecule has 0 amide bonds. The van der Waals surface area contributed by atoms with Crippen LogP contribution in [0, 0.1) is 34.5 Å². The maximum absolute atomic E-state index is 6.28. The molecule has 0 bridgehead atoms. The third-order valence-electron chi connectivity index (χ3n) is 8.93. The number of hydrogen-bond donors (Lipinski definition) is 1. The predicted octanol–water partition coefficient (Wildman–Crippen LogP) is 4.35. The number of nitrogens with two attached hydrogens (primary N) is 1. The van der Waals surface area contributed by atoms with E-state index in [0.717, 1.165) is 30.1 Å². The molecule has 126 valence electrons. The van der Waals surface area contributed by atoms with Gasteiger partial charge >= 0.3 is 0 Å². The van der Waals surface area contributed by atoms with E-state index in [1.54, 1.807) is 5.57 Å². The number of aliphatic imine (C=N–C) groups is 1. The zero-order chi connectivity index (χ0) is 15.8. The van der Waals surface area contributed by atoms with Crippen molar-refractivity contribution in [2.24, 2.45) is 45.2 Å². The van der Waals surface area contributed by atoms with Crippen LogP contribution in [0.4, 0.5) is 0 Å². The molecule has 3 fully saturated rings. The molecule has 4 aliphatic carbocycles. The Balaban J connectivity index is 1.51. The number of nitrogens with zero attached hydrogens (tertiary/aromatic N) is 1. The van der Waals surface area contributed by atoms with Crippen LogP contribution >= 0.6 is 0 Å². The summed E-state index contributed by atoms with van der Waals surface area (Å²) in [6.45, 7) is 4.93. The average molecular weight is 313 g/mol. The molecule has 8 atom stereocenters. The smallest absolute Gasteiger partial charge is 0.0504 e. The third-order valence-corrected chi connectivity index (χ3v) is 8.93. The number of allylic oxidation sites excluding steroid dienone is 1. The van der Waals surface area contributed by atoms with Gasteiger partial charge in [0.1, 0.15) is 0 Å². The minimum Gasteiger partial charge on any atom is -0.327 e. The Bertz CT molecular complexity index is 578. The fraction of sp³-hybridized carbons (Fsp3) is 0.857. The Morgan fingerprint density at radius 2 is 1.91 bits per heavy atom. The van der Waals surface area contributed by atoms with E-state index in [9.17, 15) is 0 Å². The molecule has 1 aliphatic heterocycles. The van der Waals surface area contributed by atoms with Gasteiger partial charge in [-0.15, -0.1) is 0 Å². The molecule has 2 nitrogen and oxygen atoms in total. The van der Waals surface area contributed by atoms with Crippen molar-refractivity contribution in [2.75, 3.05) is 0 Å². The lowest BCUT2D eigenvalue weighted by Gasteiger charge is -2.57. The molecular formula is C21H32N2. The predicted molar refractivity (Wildman–Crippen MR) is 95.4 cm³/mol. The van der Waals surface area contributed by atoms with E-state index in [4.69, 9.17) is 10.7 Å². The highest BCUT2D eigenvalue weighted by Gasteiger charge is 2.61. The molecule has 0 unspecified atom stereocenters. The molecule has 0 aromatic rings. The molecule has 0 aromatic carbocycles. The van der Waals surface area contributed by atoms with Gasteiger partial charge in [-0.05, 0) is 87.4 Å². The largest absolute Gasteiger partial charge is 0.327 e. The van der Waals surface area contributed by atoms with Crippen molar-refractivity contribution in [1.29, 1.82) is 0 Å². The minimum absolute atomic E-state index is 0.416. The van der Waals surface area contributed by atoms with E-state index >= 15 is 0 Å². The zero-order valence-electron chi connectivity index (χ0n) is 14.8. The maximum atomic E-state index is 6.28. The lowest BCUT2D eigenvalue weighted by molar-refractivity contribution is -0.0148. The monoisotopic (exact) mass is 312 g/mol. The molecule has 2 N–H and O–H groups in total. The van der Waals surface area contributed by atoms with Gasteiger partial charge in [0.25, 0.3) is 0 Å². The van der Waals surface area contributed by atoms with Crippen LogP contribution in [0.15, 0.2) is 16.6 Å². The normalized spacial score (nSPS) is 57.3. The fourth-order valence-corrected chi connectivity index (χ4v) is 7.76. The van der Waals surface area contributed by atoms with E-state index in [1.807, 2.05) is 0 Å². The van der Waals surface area contributed by atoms with Crippen LogP contribution in [0.2, 0.25) is 0 Å². The third kappa shape index (κ3) is 1.77. The fourth-order valence-electron chi connectivity index (χ4n) is 7.76. The van der Waals surface area contributed by atoms with Crippen molar-refractivity contribution in [3.05, 3.63) is 11.6 Å². The second kappa shape index (κ2) is 4.71. The molecule has 3 saturated carbocycles. The summed E-state index contributed by atoms with van der Waals surface area (Å²) in [6.07, 6.45) is 15.8. The van der Waals surface area contributed by atoms with E-state index < -0.39 is 0 Å². The van der Waals surface area contributed by atoms with Crippen molar-refractivity contribution in [3.63, 3.8) is 0 Å². The van der Waals surface area contributed by atoms with Gasteiger partial charge in [0.2, 0.25) is 0 Å². The van der Waals surface area contributed by atoms with Crippen LogP contribution in [0.5, 0.6) is 0 Å². The molecule has 5 aliphatic rings. The van der Waals surface area contributed by atoms with E-state index in [1.165, 1.54) is 44.9 Å². The van der Waals surface area contributed by atoms with Gasteiger partial charge in [-0.3, -0.25) is 4.99 Å². The number of fused-ring (bicyclic) bond motifs is 4. The van der Waals surface area contributed by atoms with Crippen molar-refractivity contribution in [2.45, 2.75) is 77.3 Å². The van der Waals surface area contributed by atoms with Crippen molar-refractivity contribution < 1.29 is 0 Å². The van der Waals surface area contributed by atoms with E-state index in [2.05, 4.69) is 26.1 Å². The Morgan fingerprint density at radius 3 is 2.78 bits per heavy atom. The van der Waals surface area contributed by atoms with Gasteiger partial charge in [0.15, 0.2) is 0 Å². The Labute approximate surface area is 141 Å². The Morgan fingerprint density at radius 1 is 1.09 bits per heavy atom. The SMILES string of the molecule is C[C@@H]1N=C[C@@]23CC[C@H]4[C@@H](CC=C5C[C@@H](N)CC[C@]54C)[C@H]2CC[C@@H]13. The molecule has 2 heteroatoms. The van der Waals surface area contributed by atoms with E-state index in [0.29, 0.717) is 22.9 Å².